The van der Waals surface area contributed by atoms with Crippen LogP contribution in [0.3, 0.4) is 0 Å². The predicted octanol–water partition coefficient (Wildman–Crippen LogP) is -0.0659. The summed E-state index contributed by atoms with van der Waals surface area (Å²) in [5, 5.41) is 3.15. The first-order valence-corrected chi connectivity index (χ1v) is 5.97. The maximum Gasteiger partial charge on any atom is 0.228 e. The Bertz CT molecular complexity index is 238. The smallest absolute Gasteiger partial charge is 0.228 e. The summed E-state index contributed by atoms with van der Waals surface area (Å²) in [6, 6.07) is 0.370. The van der Waals surface area contributed by atoms with Crippen LogP contribution in [0.25, 0.3) is 0 Å². The van der Waals surface area contributed by atoms with Gasteiger partial charge in [-0.3, -0.25) is 4.79 Å². The lowest BCUT2D eigenvalue weighted by atomic mass is 9.93. The summed E-state index contributed by atoms with van der Waals surface area (Å²) in [5.41, 5.74) is 5.95. The highest BCUT2D eigenvalue weighted by Gasteiger charge is 2.35. The Kier molecular flexibility index (Phi) is 3.26. The largest absolute Gasteiger partial charge is 0.338 e. The molecule has 86 valence electrons. The van der Waals surface area contributed by atoms with Gasteiger partial charge in [0.2, 0.25) is 5.91 Å². The molecule has 2 heterocycles. The first kappa shape index (κ1) is 10.9. The molecule has 0 aliphatic carbocycles. The van der Waals surface area contributed by atoms with Crippen molar-refractivity contribution in [2.45, 2.75) is 38.3 Å². The summed E-state index contributed by atoms with van der Waals surface area (Å²) in [5.74, 6) is 0.528. The lowest BCUT2D eigenvalue weighted by molar-refractivity contribution is -0.141. The van der Waals surface area contributed by atoms with Crippen LogP contribution in [0, 0.1) is 5.92 Å². The van der Waals surface area contributed by atoms with Crippen LogP contribution >= 0.6 is 0 Å². The monoisotopic (exact) mass is 211 g/mol. The van der Waals surface area contributed by atoms with Crippen molar-refractivity contribution in [1.29, 1.82) is 0 Å². The summed E-state index contributed by atoms with van der Waals surface area (Å²) in [6.45, 7) is 4.61. The second kappa shape index (κ2) is 4.49. The number of piperidine rings is 1. The maximum absolute atomic E-state index is 12.1. The molecule has 0 saturated carbocycles. The molecule has 3 N–H and O–H groups in total. The Balaban J connectivity index is 1.99. The van der Waals surface area contributed by atoms with E-state index in [9.17, 15) is 4.79 Å². The standard InChI is InChI=1S/C11H21N3O/c1-8(12)10-4-2-3-5-14(10)11(15)9-6-13-7-9/h8-10,13H,2-7,12H2,1H3. The Morgan fingerprint density at radius 3 is 2.73 bits per heavy atom. The van der Waals surface area contributed by atoms with Gasteiger partial charge in [-0.2, -0.15) is 0 Å². The van der Waals surface area contributed by atoms with Crippen molar-refractivity contribution < 1.29 is 4.79 Å². The molecule has 2 fully saturated rings. The fourth-order valence-corrected chi connectivity index (χ4v) is 2.48. The highest BCUT2D eigenvalue weighted by Crippen LogP contribution is 2.22. The Morgan fingerprint density at radius 2 is 2.20 bits per heavy atom. The van der Waals surface area contributed by atoms with E-state index >= 15 is 0 Å². The third-order valence-electron chi connectivity index (χ3n) is 3.57. The molecule has 2 atom stereocenters. The summed E-state index contributed by atoms with van der Waals surface area (Å²) >= 11 is 0. The number of rotatable bonds is 2. The number of hydrogen-bond donors (Lipinski definition) is 2. The number of nitrogens with two attached hydrogens (primary N) is 1. The minimum Gasteiger partial charge on any atom is -0.338 e. The van der Waals surface area contributed by atoms with Crippen LogP contribution in [0.5, 0.6) is 0 Å². The van der Waals surface area contributed by atoms with E-state index in [1.165, 1.54) is 6.42 Å². The van der Waals surface area contributed by atoms with Gasteiger partial charge >= 0.3 is 0 Å². The molecule has 2 aliphatic rings. The summed E-state index contributed by atoms with van der Waals surface area (Å²) < 4.78 is 0. The molecule has 2 saturated heterocycles. The van der Waals surface area contributed by atoms with Crippen molar-refractivity contribution >= 4 is 5.91 Å². The second-order valence-corrected chi connectivity index (χ2v) is 4.81. The molecule has 0 spiro atoms. The Morgan fingerprint density at radius 1 is 1.47 bits per heavy atom. The van der Waals surface area contributed by atoms with E-state index in [1.807, 2.05) is 11.8 Å². The van der Waals surface area contributed by atoms with Gasteiger partial charge in [-0.25, -0.2) is 0 Å². The van der Waals surface area contributed by atoms with Crippen LogP contribution < -0.4 is 11.1 Å². The van der Waals surface area contributed by atoms with Crippen LogP contribution in [0.4, 0.5) is 0 Å². The third kappa shape index (κ3) is 2.16. The predicted molar refractivity (Wildman–Crippen MR) is 59.4 cm³/mol. The molecule has 1 amide bonds. The number of carbonyl (C=O) groups excluding carboxylic acids is 1. The zero-order chi connectivity index (χ0) is 10.8. The molecule has 4 nitrogen and oxygen atoms in total. The number of nitrogens with one attached hydrogen (secondary N) is 1. The number of carbonyl (C=O) groups is 1. The van der Waals surface area contributed by atoms with Crippen LogP contribution in [0.1, 0.15) is 26.2 Å². The number of hydrogen-bond acceptors (Lipinski definition) is 3. The molecule has 2 rings (SSSR count). The first-order valence-electron chi connectivity index (χ1n) is 5.97. The topological polar surface area (TPSA) is 58.4 Å². The van der Waals surface area contributed by atoms with Crippen LogP contribution in [-0.4, -0.2) is 42.5 Å². The molecular formula is C11H21N3O. The molecule has 2 unspecified atom stereocenters. The molecule has 4 heteroatoms. The molecule has 0 bridgehead atoms. The van der Waals surface area contributed by atoms with Crippen LogP contribution in [0.2, 0.25) is 0 Å². The number of nitrogens with zero attached hydrogens (tertiary/aromatic N) is 1. The first-order chi connectivity index (χ1) is 7.20. The third-order valence-corrected chi connectivity index (χ3v) is 3.57. The van der Waals surface area contributed by atoms with E-state index in [2.05, 4.69) is 5.32 Å². The number of amides is 1. The normalized spacial score (nSPS) is 29.7. The Labute approximate surface area is 91.2 Å². The molecule has 2 aliphatic heterocycles. The molecule has 0 aromatic heterocycles. The zero-order valence-electron chi connectivity index (χ0n) is 9.41. The van der Waals surface area contributed by atoms with E-state index < -0.39 is 0 Å². The lowest BCUT2D eigenvalue weighted by Gasteiger charge is -2.41. The van der Waals surface area contributed by atoms with E-state index in [4.69, 9.17) is 5.73 Å². The van der Waals surface area contributed by atoms with Crippen molar-refractivity contribution in [2.75, 3.05) is 19.6 Å². The van der Waals surface area contributed by atoms with E-state index in [0.717, 1.165) is 32.5 Å². The van der Waals surface area contributed by atoms with Gasteiger partial charge in [0.05, 0.1) is 5.92 Å². The van der Waals surface area contributed by atoms with Crippen molar-refractivity contribution in [2.24, 2.45) is 11.7 Å². The fourth-order valence-electron chi connectivity index (χ4n) is 2.48. The van der Waals surface area contributed by atoms with Gasteiger partial charge in [-0.1, -0.05) is 0 Å². The molecule has 0 aromatic rings. The molecule has 15 heavy (non-hydrogen) atoms. The zero-order valence-corrected chi connectivity index (χ0v) is 9.41. The summed E-state index contributed by atoms with van der Waals surface area (Å²) in [6.07, 6.45) is 3.41. The number of likely N-dealkylation sites (tertiary alicyclic amines) is 1. The minimum atomic E-state index is 0.0993. The van der Waals surface area contributed by atoms with E-state index in [0.29, 0.717) is 5.91 Å². The fraction of sp³-hybridized carbons (Fsp3) is 0.909. The van der Waals surface area contributed by atoms with Gasteiger partial charge in [-0.15, -0.1) is 0 Å². The van der Waals surface area contributed by atoms with Crippen molar-refractivity contribution in [3.63, 3.8) is 0 Å². The average molecular weight is 211 g/mol. The molecule has 0 radical (unpaired) electrons. The van der Waals surface area contributed by atoms with E-state index in [-0.39, 0.29) is 18.0 Å². The van der Waals surface area contributed by atoms with Crippen LogP contribution in [0.15, 0.2) is 0 Å². The summed E-state index contributed by atoms with van der Waals surface area (Å²) in [4.78, 5) is 14.2. The minimum absolute atomic E-state index is 0.0993. The second-order valence-electron chi connectivity index (χ2n) is 4.81. The van der Waals surface area contributed by atoms with Gasteiger partial charge in [0, 0.05) is 31.7 Å². The summed E-state index contributed by atoms with van der Waals surface area (Å²) in [7, 11) is 0. The van der Waals surface area contributed by atoms with Crippen molar-refractivity contribution in [1.82, 2.24) is 10.2 Å². The van der Waals surface area contributed by atoms with Crippen molar-refractivity contribution in [3.05, 3.63) is 0 Å². The average Bonchev–Trinajstić information content (AvgIpc) is 2.15. The van der Waals surface area contributed by atoms with E-state index in [1.54, 1.807) is 0 Å². The highest BCUT2D eigenvalue weighted by atomic mass is 16.2. The van der Waals surface area contributed by atoms with Gasteiger partial charge in [0.1, 0.15) is 0 Å². The quantitative estimate of drug-likeness (QED) is 0.672. The maximum atomic E-state index is 12.1. The Hall–Kier alpha value is -0.610. The molecular weight excluding hydrogens is 190 g/mol. The van der Waals surface area contributed by atoms with Gasteiger partial charge in [0.25, 0.3) is 0 Å². The van der Waals surface area contributed by atoms with Crippen molar-refractivity contribution in [3.8, 4) is 0 Å². The SMILES string of the molecule is CC(N)C1CCCCN1C(=O)C1CNC1. The van der Waals surface area contributed by atoms with Gasteiger partial charge in [0.15, 0.2) is 0 Å². The van der Waals surface area contributed by atoms with Crippen LogP contribution in [-0.2, 0) is 4.79 Å². The van der Waals surface area contributed by atoms with Gasteiger partial charge in [-0.05, 0) is 26.2 Å². The highest BCUT2D eigenvalue weighted by molar-refractivity contribution is 5.80. The lowest BCUT2D eigenvalue weighted by Crippen LogP contribution is -2.58. The van der Waals surface area contributed by atoms with Gasteiger partial charge < -0.3 is 16.0 Å². The molecule has 0 aromatic carbocycles.